The molecule has 1 unspecified atom stereocenters. The summed E-state index contributed by atoms with van der Waals surface area (Å²) in [6.07, 6.45) is 0.704. The second kappa shape index (κ2) is 8.15. The summed E-state index contributed by atoms with van der Waals surface area (Å²) in [6, 6.07) is 9.65. The molecule has 1 aromatic heterocycles. The molecule has 0 saturated heterocycles. The lowest BCUT2D eigenvalue weighted by Gasteiger charge is -2.08. The summed E-state index contributed by atoms with van der Waals surface area (Å²) in [5, 5.41) is 11.8. The van der Waals surface area contributed by atoms with Crippen molar-refractivity contribution in [1.82, 2.24) is 0 Å². The van der Waals surface area contributed by atoms with Gasteiger partial charge in [0.25, 0.3) is 0 Å². The van der Waals surface area contributed by atoms with Crippen molar-refractivity contribution >= 4 is 47.1 Å². The van der Waals surface area contributed by atoms with Gasteiger partial charge in [0.15, 0.2) is 0 Å². The lowest BCUT2D eigenvalue weighted by molar-refractivity contribution is 0.265. The predicted octanol–water partition coefficient (Wildman–Crippen LogP) is 3.84. The van der Waals surface area contributed by atoms with Crippen LogP contribution < -0.4 is 5.73 Å². The average Bonchev–Trinajstić information content (AvgIpc) is 2.79. The molecular weight excluding hydrogens is 321 g/mol. The maximum atomic E-state index is 9.00. The number of rotatable bonds is 5. The zero-order valence-electron chi connectivity index (χ0n) is 10.1. The lowest BCUT2D eigenvalue weighted by atomic mass is 10.1. The SMILES string of the molecule is Cl.NC(CO)Cc1ccsc1Sc1ccc(Cl)cc1. The fourth-order valence-electron chi connectivity index (χ4n) is 1.52. The maximum absolute atomic E-state index is 9.00. The zero-order valence-corrected chi connectivity index (χ0v) is 13.3. The van der Waals surface area contributed by atoms with Gasteiger partial charge in [-0.15, -0.1) is 23.7 Å². The molecule has 0 amide bonds. The van der Waals surface area contributed by atoms with Crippen LogP contribution in [0.4, 0.5) is 0 Å². The summed E-state index contributed by atoms with van der Waals surface area (Å²) in [5.41, 5.74) is 6.97. The van der Waals surface area contributed by atoms with Crippen molar-refractivity contribution in [3.63, 3.8) is 0 Å². The maximum Gasteiger partial charge on any atom is 0.0678 e. The van der Waals surface area contributed by atoms with E-state index in [9.17, 15) is 0 Å². The first-order valence-electron chi connectivity index (χ1n) is 5.55. The van der Waals surface area contributed by atoms with Crippen LogP contribution in [0.1, 0.15) is 5.56 Å². The van der Waals surface area contributed by atoms with Crippen molar-refractivity contribution in [2.75, 3.05) is 6.61 Å². The Hall–Kier alpha value is -0.230. The number of hydrogen-bond acceptors (Lipinski definition) is 4. The monoisotopic (exact) mass is 335 g/mol. The van der Waals surface area contributed by atoms with Crippen molar-refractivity contribution in [3.05, 3.63) is 46.3 Å². The van der Waals surface area contributed by atoms with Crippen LogP contribution in [0.2, 0.25) is 5.02 Å². The molecule has 1 heterocycles. The summed E-state index contributed by atoms with van der Waals surface area (Å²) in [6.45, 7) is 0.0148. The minimum Gasteiger partial charge on any atom is -0.395 e. The van der Waals surface area contributed by atoms with Gasteiger partial charge in [0.1, 0.15) is 0 Å². The van der Waals surface area contributed by atoms with Gasteiger partial charge in [-0.3, -0.25) is 0 Å². The molecule has 1 atom stereocenters. The van der Waals surface area contributed by atoms with E-state index in [0.29, 0.717) is 6.42 Å². The Balaban J connectivity index is 0.00000180. The number of aliphatic hydroxyl groups excluding tert-OH is 1. The first-order chi connectivity index (χ1) is 8.69. The van der Waals surface area contributed by atoms with Gasteiger partial charge in [0, 0.05) is 16.0 Å². The van der Waals surface area contributed by atoms with Gasteiger partial charge in [0.2, 0.25) is 0 Å². The average molecular weight is 336 g/mol. The van der Waals surface area contributed by atoms with Gasteiger partial charge < -0.3 is 10.8 Å². The van der Waals surface area contributed by atoms with Crippen molar-refractivity contribution < 1.29 is 5.11 Å². The fourth-order valence-corrected chi connectivity index (χ4v) is 3.72. The molecule has 0 spiro atoms. The normalized spacial score (nSPS) is 11.9. The van der Waals surface area contributed by atoms with E-state index in [1.54, 1.807) is 23.1 Å². The third-order valence-corrected chi connectivity index (χ3v) is 4.94. The summed E-state index contributed by atoms with van der Waals surface area (Å²) in [7, 11) is 0. The molecule has 0 radical (unpaired) electrons. The van der Waals surface area contributed by atoms with E-state index in [4.69, 9.17) is 22.4 Å². The van der Waals surface area contributed by atoms with Crippen LogP contribution in [0.5, 0.6) is 0 Å². The van der Waals surface area contributed by atoms with E-state index in [1.807, 2.05) is 24.3 Å². The van der Waals surface area contributed by atoms with E-state index in [0.717, 1.165) is 9.92 Å². The van der Waals surface area contributed by atoms with Crippen LogP contribution in [0, 0.1) is 0 Å². The Bertz CT molecular complexity index is 502. The number of thiophene rings is 1. The molecule has 2 nitrogen and oxygen atoms in total. The molecule has 2 rings (SSSR count). The van der Waals surface area contributed by atoms with Crippen molar-refractivity contribution in [2.24, 2.45) is 5.73 Å². The number of hydrogen-bond donors (Lipinski definition) is 2. The molecule has 2 aromatic rings. The minimum atomic E-state index is -0.191. The summed E-state index contributed by atoms with van der Waals surface area (Å²) in [5.74, 6) is 0. The van der Waals surface area contributed by atoms with Gasteiger partial charge in [0.05, 0.1) is 10.8 Å². The molecule has 6 heteroatoms. The number of benzene rings is 1. The predicted molar refractivity (Wildman–Crippen MR) is 85.9 cm³/mol. The molecule has 1 aromatic carbocycles. The molecule has 0 aliphatic heterocycles. The van der Waals surface area contributed by atoms with Crippen molar-refractivity contribution in [1.29, 1.82) is 0 Å². The highest BCUT2D eigenvalue weighted by atomic mass is 35.5. The van der Waals surface area contributed by atoms with E-state index < -0.39 is 0 Å². The molecule has 0 aliphatic rings. The van der Waals surface area contributed by atoms with Crippen LogP contribution in [-0.2, 0) is 6.42 Å². The van der Waals surface area contributed by atoms with Gasteiger partial charge in [-0.25, -0.2) is 0 Å². The lowest BCUT2D eigenvalue weighted by Crippen LogP contribution is -2.26. The molecule has 0 bridgehead atoms. The topological polar surface area (TPSA) is 46.2 Å². The highest BCUT2D eigenvalue weighted by Gasteiger charge is 2.10. The highest BCUT2D eigenvalue weighted by Crippen LogP contribution is 2.35. The van der Waals surface area contributed by atoms with Crippen molar-refractivity contribution in [3.8, 4) is 0 Å². The molecule has 19 heavy (non-hydrogen) atoms. The van der Waals surface area contributed by atoms with Crippen LogP contribution in [0.25, 0.3) is 0 Å². The Morgan fingerprint density at radius 3 is 2.58 bits per heavy atom. The standard InChI is InChI=1S/C13H14ClNOS2.ClH/c14-10-1-3-12(4-2-10)18-13-9(5-6-17-13)7-11(15)8-16;/h1-6,11,16H,7-8,15H2;1H. The summed E-state index contributed by atoms with van der Waals surface area (Å²) < 4.78 is 1.22. The van der Waals surface area contributed by atoms with Crippen molar-refractivity contribution in [2.45, 2.75) is 21.6 Å². The Labute approximate surface area is 132 Å². The van der Waals surface area contributed by atoms with Crippen LogP contribution in [0.15, 0.2) is 44.8 Å². The molecular formula is C13H15Cl2NOS2. The molecule has 104 valence electrons. The molecule has 3 N–H and O–H groups in total. The quantitative estimate of drug-likeness (QED) is 0.872. The summed E-state index contributed by atoms with van der Waals surface area (Å²) >= 11 is 9.26. The first kappa shape index (κ1) is 16.8. The smallest absolute Gasteiger partial charge is 0.0678 e. The first-order valence-corrected chi connectivity index (χ1v) is 7.62. The van der Waals surface area contributed by atoms with E-state index in [1.165, 1.54) is 9.77 Å². The molecule has 0 saturated carbocycles. The van der Waals surface area contributed by atoms with Gasteiger partial charge in [-0.2, -0.15) is 0 Å². The largest absolute Gasteiger partial charge is 0.395 e. The Kier molecular flexibility index (Phi) is 7.21. The van der Waals surface area contributed by atoms with Gasteiger partial charge in [-0.05, 0) is 47.7 Å². The number of nitrogens with two attached hydrogens (primary N) is 1. The zero-order chi connectivity index (χ0) is 13.0. The van der Waals surface area contributed by atoms with Crippen LogP contribution >= 0.6 is 47.1 Å². The Morgan fingerprint density at radius 1 is 1.26 bits per heavy atom. The second-order valence-corrected chi connectivity index (χ2v) is 6.63. The second-order valence-electron chi connectivity index (χ2n) is 3.94. The minimum absolute atomic E-state index is 0. The Morgan fingerprint density at radius 2 is 1.95 bits per heavy atom. The van der Waals surface area contributed by atoms with Gasteiger partial charge >= 0.3 is 0 Å². The fraction of sp³-hybridized carbons (Fsp3) is 0.231. The van der Waals surface area contributed by atoms with E-state index in [2.05, 4.69) is 11.4 Å². The third kappa shape index (κ3) is 4.99. The number of halogens is 2. The third-order valence-electron chi connectivity index (χ3n) is 2.45. The van der Waals surface area contributed by atoms with Gasteiger partial charge in [-0.1, -0.05) is 23.4 Å². The van der Waals surface area contributed by atoms with Crippen LogP contribution in [-0.4, -0.2) is 17.8 Å². The van der Waals surface area contributed by atoms with E-state index in [-0.39, 0.29) is 25.1 Å². The van der Waals surface area contributed by atoms with E-state index >= 15 is 0 Å². The van der Waals surface area contributed by atoms with Crippen LogP contribution in [0.3, 0.4) is 0 Å². The summed E-state index contributed by atoms with van der Waals surface area (Å²) in [4.78, 5) is 1.15. The molecule has 0 fully saturated rings. The highest BCUT2D eigenvalue weighted by molar-refractivity contribution is 8.01. The number of aliphatic hydroxyl groups is 1. The molecule has 0 aliphatic carbocycles.